The van der Waals surface area contributed by atoms with Crippen LogP contribution in [0.4, 0.5) is 0 Å². The van der Waals surface area contributed by atoms with Crippen LogP contribution in [-0.2, 0) is 9.84 Å². The zero-order valence-corrected chi connectivity index (χ0v) is 10.5. The second kappa shape index (κ2) is 5.46. The standard InChI is InChI=1S/C12H18O3S/c1-3-11(13)8-9-16(14,15)12-6-4-10(2)5-7-12/h4-7,11,13H,3,8-9H2,1-2H3/t11-/m0/s1. The smallest absolute Gasteiger partial charge is 0.178 e. The van der Waals surface area contributed by atoms with Crippen molar-refractivity contribution in [3.05, 3.63) is 29.8 Å². The van der Waals surface area contributed by atoms with Gasteiger partial charge in [-0.1, -0.05) is 24.6 Å². The van der Waals surface area contributed by atoms with Crippen LogP contribution in [0, 0.1) is 6.92 Å². The number of hydrogen-bond donors (Lipinski definition) is 1. The number of sulfone groups is 1. The molecule has 0 bridgehead atoms. The average molecular weight is 242 g/mol. The number of hydrogen-bond acceptors (Lipinski definition) is 3. The van der Waals surface area contributed by atoms with Crippen LogP contribution in [-0.4, -0.2) is 25.4 Å². The van der Waals surface area contributed by atoms with Crippen LogP contribution in [0.2, 0.25) is 0 Å². The second-order valence-corrected chi connectivity index (χ2v) is 6.09. The Balaban J connectivity index is 2.74. The molecule has 0 saturated carbocycles. The maximum absolute atomic E-state index is 11.9. The summed E-state index contributed by atoms with van der Waals surface area (Å²) in [5.41, 5.74) is 1.03. The van der Waals surface area contributed by atoms with E-state index in [0.29, 0.717) is 17.7 Å². The van der Waals surface area contributed by atoms with E-state index >= 15 is 0 Å². The van der Waals surface area contributed by atoms with Gasteiger partial charge in [-0.05, 0) is 31.9 Å². The minimum absolute atomic E-state index is 0.00503. The first-order valence-corrected chi connectivity index (χ1v) is 7.08. The van der Waals surface area contributed by atoms with Gasteiger partial charge in [0.25, 0.3) is 0 Å². The summed E-state index contributed by atoms with van der Waals surface area (Å²) >= 11 is 0. The van der Waals surface area contributed by atoms with Crippen LogP contribution < -0.4 is 0 Å². The highest BCUT2D eigenvalue weighted by molar-refractivity contribution is 7.91. The molecule has 0 radical (unpaired) electrons. The topological polar surface area (TPSA) is 54.4 Å². The van der Waals surface area contributed by atoms with Crippen LogP contribution >= 0.6 is 0 Å². The van der Waals surface area contributed by atoms with Crippen LogP contribution in [0.1, 0.15) is 25.3 Å². The molecule has 1 atom stereocenters. The minimum atomic E-state index is -3.24. The predicted octanol–water partition coefficient (Wildman–Crippen LogP) is 1.93. The summed E-state index contributed by atoms with van der Waals surface area (Å²) in [5, 5.41) is 9.35. The monoisotopic (exact) mass is 242 g/mol. The number of aryl methyl sites for hydroxylation is 1. The molecular weight excluding hydrogens is 224 g/mol. The van der Waals surface area contributed by atoms with Crippen molar-refractivity contribution < 1.29 is 13.5 Å². The first-order chi connectivity index (χ1) is 7.45. The molecule has 0 unspecified atom stereocenters. The van der Waals surface area contributed by atoms with E-state index in [1.807, 2.05) is 13.8 Å². The number of aliphatic hydroxyl groups is 1. The van der Waals surface area contributed by atoms with Crippen LogP contribution in [0.15, 0.2) is 29.2 Å². The van der Waals surface area contributed by atoms with E-state index in [-0.39, 0.29) is 5.75 Å². The molecule has 1 aromatic carbocycles. The van der Waals surface area contributed by atoms with Crippen molar-refractivity contribution in [1.82, 2.24) is 0 Å². The lowest BCUT2D eigenvalue weighted by atomic mass is 10.2. The van der Waals surface area contributed by atoms with Crippen molar-refractivity contribution in [1.29, 1.82) is 0 Å². The Morgan fingerprint density at radius 2 is 1.81 bits per heavy atom. The van der Waals surface area contributed by atoms with Crippen molar-refractivity contribution >= 4 is 9.84 Å². The molecule has 0 fully saturated rings. The molecule has 90 valence electrons. The molecule has 0 aliphatic rings. The van der Waals surface area contributed by atoms with Gasteiger partial charge in [-0.25, -0.2) is 8.42 Å². The molecule has 0 amide bonds. The molecule has 0 aliphatic carbocycles. The molecule has 3 nitrogen and oxygen atoms in total. The van der Waals surface area contributed by atoms with Crippen molar-refractivity contribution in [2.24, 2.45) is 0 Å². The highest BCUT2D eigenvalue weighted by atomic mass is 32.2. The van der Waals surface area contributed by atoms with Gasteiger partial charge in [0, 0.05) is 0 Å². The zero-order chi connectivity index (χ0) is 12.2. The Morgan fingerprint density at radius 1 is 1.25 bits per heavy atom. The Hall–Kier alpha value is -0.870. The van der Waals surface area contributed by atoms with Gasteiger partial charge in [0.15, 0.2) is 9.84 Å². The lowest BCUT2D eigenvalue weighted by Crippen LogP contribution is -2.14. The summed E-state index contributed by atoms with van der Waals surface area (Å²) in [6.45, 7) is 3.75. The van der Waals surface area contributed by atoms with E-state index in [2.05, 4.69) is 0 Å². The van der Waals surface area contributed by atoms with Crippen LogP contribution in [0.5, 0.6) is 0 Å². The summed E-state index contributed by atoms with van der Waals surface area (Å²) in [5.74, 6) is 0.00503. The highest BCUT2D eigenvalue weighted by Crippen LogP contribution is 2.14. The van der Waals surface area contributed by atoms with Crippen molar-refractivity contribution in [2.45, 2.75) is 37.7 Å². The number of rotatable bonds is 5. The van der Waals surface area contributed by atoms with E-state index in [0.717, 1.165) is 5.56 Å². The molecule has 0 saturated heterocycles. The molecular formula is C12H18O3S. The lowest BCUT2D eigenvalue weighted by molar-refractivity contribution is 0.167. The molecule has 0 aliphatic heterocycles. The molecule has 1 rings (SSSR count). The Morgan fingerprint density at radius 3 is 2.31 bits per heavy atom. The minimum Gasteiger partial charge on any atom is -0.393 e. The van der Waals surface area contributed by atoms with Gasteiger partial charge >= 0.3 is 0 Å². The predicted molar refractivity (Wildman–Crippen MR) is 64.1 cm³/mol. The fourth-order valence-corrected chi connectivity index (χ4v) is 2.73. The third kappa shape index (κ3) is 3.61. The third-order valence-electron chi connectivity index (χ3n) is 2.57. The number of aliphatic hydroxyl groups excluding tert-OH is 1. The van der Waals surface area contributed by atoms with E-state index in [4.69, 9.17) is 0 Å². The zero-order valence-electron chi connectivity index (χ0n) is 9.68. The van der Waals surface area contributed by atoms with Gasteiger partial charge in [-0.2, -0.15) is 0 Å². The van der Waals surface area contributed by atoms with Gasteiger partial charge in [0.1, 0.15) is 0 Å². The van der Waals surface area contributed by atoms with Gasteiger partial charge in [0.2, 0.25) is 0 Å². The van der Waals surface area contributed by atoms with Gasteiger partial charge in [-0.15, -0.1) is 0 Å². The largest absolute Gasteiger partial charge is 0.393 e. The summed E-state index contributed by atoms with van der Waals surface area (Å²) in [7, 11) is -3.24. The van der Waals surface area contributed by atoms with E-state index in [9.17, 15) is 13.5 Å². The maximum Gasteiger partial charge on any atom is 0.178 e. The molecule has 4 heteroatoms. The average Bonchev–Trinajstić information content (AvgIpc) is 2.26. The lowest BCUT2D eigenvalue weighted by Gasteiger charge is -2.08. The quantitative estimate of drug-likeness (QED) is 0.858. The highest BCUT2D eigenvalue weighted by Gasteiger charge is 2.15. The molecule has 1 N–H and O–H groups in total. The third-order valence-corrected chi connectivity index (χ3v) is 4.33. The first kappa shape index (κ1) is 13.2. The molecule has 1 aromatic rings. The normalized spacial score (nSPS) is 13.7. The summed E-state index contributed by atoms with van der Waals surface area (Å²) < 4.78 is 23.7. The van der Waals surface area contributed by atoms with Crippen molar-refractivity contribution in [3.63, 3.8) is 0 Å². The fourth-order valence-electron chi connectivity index (χ4n) is 1.36. The van der Waals surface area contributed by atoms with E-state index in [1.54, 1.807) is 24.3 Å². The summed E-state index contributed by atoms with van der Waals surface area (Å²) in [6.07, 6.45) is 0.357. The molecule has 0 heterocycles. The summed E-state index contributed by atoms with van der Waals surface area (Å²) in [6, 6.07) is 6.79. The van der Waals surface area contributed by atoms with Crippen LogP contribution in [0.3, 0.4) is 0 Å². The van der Waals surface area contributed by atoms with Gasteiger partial charge in [-0.3, -0.25) is 0 Å². The maximum atomic E-state index is 11.9. The molecule has 16 heavy (non-hydrogen) atoms. The Kier molecular flexibility index (Phi) is 4.50. The summed E-state index contributed by atoms with van der Waals surface area (Å²) in [4.78, 5) is 0.335. The van der Waals surface area contributed by atoms with Crippen molar-refractivity contribution in [3.8, 4) is 0 Å². The Bertz CT molecular complexity index is 420. The van der Waals surface area contributed by atoms with Crippen LogP contribution in [0.25, 0.3) is 0 Å². The Labute approximate surface area is 97.0 Å². The van der Waals surface area contributed by atoms with E-state index < -0.39 is 15.9 Å². The van der Waals surface area contributed by atoms with Crippen molar-refractivity contribution in [2.75, 3.05) is 5.75 Å². The molecule has 0 aromatic heterocycles. The second-order valence-electron chi connectivity index (χ2n) is 3.98. The first-order valence-electron chi connectivity index (χ1n) is 5.43. The number of benzene rings is 1. The molecule has 0 spiro atoms. The van der Waals surface area contributed by atoms with E-state index in [1.165, 1.54) is 0 Å². The SMILES string of the molecule is CC[C@H](O)CCS(=O)(=O)c1ccc(C)cc1. The van der Waals surface area contributed by atoms with Gasteiger partial charge in [0.05, 0.1) is 16.8 Å². The van der Waals surface area contributed by atoms with Gasteiger partial charge < -0.3 is 5.11 Å². The fraction of sp³-hybridized carbons (Fsp3) is 0.500.